The summed E-state index contributed by atoms with van der Waals surface area (Å²) in [7, 11) is 0. The maximum Gasteiger partial charge on any atom is 0.220 e. The summed E-state index contributed by atoms with van der Waals surface area (Å²) in [5.74, 6) is -0.0882. The Morgan fingerprint density at radius 2 is 0.918 bits per heavy atom. The molecule has 0 spiro atoms. The van der Waals surface area contributed by atoms with Crippen LogP contribution in [0.3, 0.4) is 0 Å². The first-order valence-electron chi connectivity index (χ1n) is 20.3. The summed E-state index contributed by atoms with van der Waals surface area (Å²) in [5, 5.41) is 22.9. The third kappa shape index (κ3) is 36.7. The standard InChI is InChI=1S/C45H77NO3/c1-3-5-7-9-11-13-15-17-19-20-21-22-23-24-25-26-27-29-31-33-35-37-39-41-45(49)46-43(42-47)44(48)40-38-36-34-32-30-28-18-16-14-12-10-8-6-4-2/h5,7,11,13-14,16-17,19,21-22,30,32,38,40,43-44,47-48H,3-4,6,8-10,12,15,18,20,23-29,31,33-37,39,41-42H2,1-2H3,(H,46,49)/b7-5-,13-11-,16-14+,19-17-,22-21-,32-30+,40-38+. The normalized spacial score (nSPS) is 14.0. The minimum Gasteiger partial charge on any atom is -0.394 e. The number of allylic oxidation sites excluding steroid dienone is 13. The Hall–Kier alpha value is -2.43. The lowest BCUT2D eigenvalue weighted by Gasteiger charge is -2.19. The zero-order chi connectivity index (χ0) is 35.7. The molecule has 0 heterocycles. The molecule has 3 N–H and O–H groups in total. The van der Waals surface area contributed by atoms with Crippen LogP contribution in [0.1, 0.15) is 174 Å². The molecule has 0 radical (unpaired) electrons. The van der Waals surface area contributed by atoms with Crippen molar-refractivity contribution in [2.75, 3.05) is 6.61 Å². The summed E-state index contributed by atoms with van der Waals surface area (Å²) in [6.07, 6.45) is 58.2. The smallest absolute Gasteiger partial charge is 0.220 e. The maximum absolute atomic E-state index is 12.4. The van der Waals surface area contributed by atoms with Crippen LogP contribution >= 0.6 is 0 Å². The predicted molar refractivity (Wildman–Crippen MR) is 216 cm³/mol. The van der Waals surface area contributed by atoms with Gasteiger partial charge >= 0.3 is 0 Å². The third-order valence-electron chi connectivity index (χ3n) is 8.59. The van der Waals surface area contributed by atoms with Gasteiger partial charge in [0.25, 0.3) is 0 Å². The Labute approximate surface area is 303 Å². The van der Waals surface area contributed by atoms with Gasteiger partial charge in [-0.1, -0.05) is 170 Å². The van der Waals surface area contributed by atoms with Crippen molar-refractivity contribution in [3.8, 4) is 0 Å². The first kappa shape index (κ1) is 46.6. The van der Waals surface area contributed by atoms with Crippen LogP contribution in [0.15, 0.2) is 85.1 Å². The molecular formula is C45H77NO3. The van der Waals surface area contributed by atoms with E-state index in [2.05, 4.69) is 92.1 Å². The first-order chi connectivity index (χ1) is 24.2. The van der Waals surface area contributed by atoms with Gasteiger partial charge < -0.3 is 15.5 Å². The van der Waals surface area contributed by atoms with Gasteiger partial charge in [-0.15, -0.1) is 0 Å². The number of carbonyl (C=O) groups excluding carboxylic acids is 1. The molecular weight excluding hydrogens is 602 g/mol. The fourth-order valence-corrected chi connectivity index (χ4v) is 5.49. The fraction of sp³-hybridized carbons (Fsp3) is 0.667. The van der Waals surface area contributed by atoms with Crippen molar-refractivity contribution in [2.45, 2.75) is 187 Å². The highest BCUT2D eigenvalue weighted by atomic mass is 16.3. The molecule has 0 aromatic heterocycles. The highest BCUT2D eigenvalue weighted by molar-refractivity contribution is 5.76. The number of nitrogens with one attached hydrogen (secondary N) is 1. The van der Waals surface area contributed by atoms with Crippen LogP contribution in [0.4, 0.5) is 0 Å². The first-order valence-corrected chi connectivity index (χ1v) is 20.3. The number of hydrogen-bond acceptors (Lipinski definition) is 3. The molecule has 1 amide bonds. The molecule has 2 atom stereocenters. The van der Waals surface area contributed by atoms with Crippen LogP contribution in [-0.2, 0) is 4.79 Å². The van der Waals surface area contributed by atoms with Gasteiger partial charge in [-0.3, -0.25) is 4.79 Å². The van der Waals surface area contributed by atoms with Crippen molar-refractivity contribution in [3.05, 3.63) is 85.1 Å². The fourth-order valence-electron chi connectivity index (χ4n) is 5.49. The second-order valence-corrected chi connectivity index (χ2v) is 13.3. The van der Waals surface area contributed by atoms with Crippen molar-refractivity contribution in [1.29, 1.82) is 0 Å². The van der Waals surface area contributed by atoms with Crippen LogP contribution < -0.4 is 5.32 Å². The molecule has 4 nitrogen and oxygen atoms in total. The zero-order valence-corrected chi connectivity index (χ0v) is 31.9. The molecule has 0 rings (SSSR count). The summed E-state index contributed by atoms with van der Waals surface area (Å²) in [4.78, 5) is 12.4. The van der Waals surface area contributed by atoms with E-state index in [1.807, 2.05) is 6.08 Å². The Morgan fingerprint density at radius 1 is 0.510 bits per heavy atom. The molecule has 0 aromatic rings. The van der Waals surface area contributed by atoms with Gasteiger partial charge in [0, 0.05) is 6.42 Å². The van der Waals surface area contributed by atoms with E-state index in [9.17, 15) is 15.0 Å². The lowest BCUT2D eigenvalue weighted by atomic mass is 10.0. The molecule has 0 saturated heterocycles. The van der Waals surface area contributed by atoms with Gasteiger partial charge in [0.15, 0.2) is 0 Å². The molecule has 0 aliphatic carbocycles. The van der Waals surface area contributed by atoms with Crippen molar-refractivity contribution in [2.24, 2.45) is 0 Å². The van der Waals surface area contributed by atoms with E-state index in [-0.39, 0.29) is 12.5 Å². The Bertz CT molecular complexity index is 910. The lowest BCUT2D eigenvalue weighted by Crippen LogP contribution is -2.45. The highest BCUT2D eigenvalue weighted by Gasteiger charge is 2.17. The van der Waals surface area contributed by atoms with Crippen LogP contribution in [0, 0.1) is 0 Å². The van der Waals surface area contributed by atoms with Gasteiger partial charge in [0.05, 0.1) is 18.8 Å². The van der Waals surface area contributed by atoms with E-state index in [1.54, 1.807) is 6.08 Å². The Morgan fingerprint density at radius 3 is 1.43 bits per heavy atom. The van der Waals surface area contributed by atoms with Gasteiger partial charge in [0.2, 0.25) is 5.91 Å². The molecule has 0 aromatic carbocycles. The third-order valence-corrected chi connectivity index (χ3v) is 8.59. The van der Waals surface area contributed by atoms with E-state index in [0.717, 1.165) is 70.6 Å². The van der Waals surface area contributed by atoms with Gasteiger partial charge in [0.1, 0.15) is 0 Å². The van der Waals surface area contributed by atoms with Crippen LogP contribution in [0.25, 0.3) is 0 Å². The molecule has 0 aliphatic heterocycles. The quantitative estimate of drug-likeness (QED) is 0.0461. The van der Waals surface area contributed by atoms with Gasteiger partial charge in [-0.25, -0.2) is 0 Å². The number of aliphatic hydroxyl groups is 2. The number of unbranched alkanes of at least 4 members (excludes halogenated alkanes) is 16. The van der Waals surface area contributed by atoms with Gasteiger partial charge in [-0.2, -0.15) is 0 Å². The molecule has 0 aliphatic rings. The predicted octanol–water partition coefficient (Wildman–Crippen LogP) is 12.5. The van der Waals surface area contributed by atoms with Crippen LogP contribution in [-0.4, -0.2) is 34.9 Å². The maximum atomic E-state index is 12.4. The SMILES string of the molecule is CC/C=C\C/C=C\C/C=C\C/C=C\CCCCCCCCCCCCC(=O)NC(CO)C(O)/C=C/CC/C=C/CC/C=C/CCCCCC. The highest BCUT2D eigenvalue weighted by Crippen LogP contribution is 2.13. The van der Waals surface area contributed by atoms with Crippen molar-refractivity contribution < 1.29 is 15.0 Å². The minimum absolute atomic E-state index is 0.0882. The Balaban J connectivity index is 3.67. The monoisotopic (exact) mass is 680 g/mol. The van der Waals surface area contributed by atoms with E-state index in [0.29, 0.717) is 6.42 Å². The van der Waals surface area contributed by atoms with E-state index in [4.69, 9.17) is 0 Å². The number of aliphatic hydroxyl groups excluding tert-OH is 2. The second-order valence-electron chi connectivity index (χ2n) is 13.3. The molecule has 0 fully saturated rings. The molecule has 280 valence electrons. The van der Waals surface area contributed by atoms with E-state index in [1.165, 1.54) is 83.5 Å². The van der Waals surface area contributed by atoms with Crippen molar-refractivity contribution in [1.82, 2.24) is 5.32 Å². The number of amides is 1. The summed E-state index contributed by atoms with van der Waals surface area (Å²) >= 11 is 0. The number of carbonyl (C=O) groups is 1. The van der Waals surface area contributed by atoms with Crippen molar-refractivity contribution >= 4 is 5.91 Å². The molecule has 4 heteroatoms. The molecule has 0 bridgehead atoms. The average Bonchev–Trinajstić information content (AvgIpc) is 3.10. The van der Waals surface area contributed by atoms with E-state index >= 15 is 0 Å². The largest absolute Gasteiger partial charge is 0.394 e. The van der Waals surface area contributed by atoms with Crippen LogP contribution in [0.2, 0.25) is 0 Å². The van der Waals surface area contributed by atoms with Gasteiger partial charge in [-0.05, 0) is 83.5 Å². The summed E-state index contributed by atoms with van der Waals surface area (Å²) in [6, 6.07) is -0.651. The van der Waals surface area contributed by atoms with Crippen molar-refractivity contribution in [3.63, 3.8) is 0 Å². The second kappa shape index (κ2) is 40.0. The summed E-state index contributed by atoms with van der Waals surface area (Å²) in [6.45, 7) is 4.14. The number of hydrogen-bond donors (Lipinski definition) is 3. The summed E-state index contributed by atoms with van der Waals surface area (Å²) < 4.78 is 0. The average molecular weight is 680 g/mol. The zero-order valence-electron chi connectivity index (χ0n) is 31.9. The minimum atomic E-state index is -0.875. The van der Waals surface area contributed by atoms with E-state index < -0.39 is 12.1 Å². The number of rotatable bonds is 35. The molecule has 0 saturated carbocycles. The summed E-state index contributed by atoms with van der Waals surface area (Å²) in [5.41, 5.74) is 0. The van der Waals surface area contributed by atoms with Crippen LogP contribution in [0.5, 0.6) is 0 Å². The topological polar surface area (TPSA) is 69.6 Å². The molecule has 2 unspecified atom stereocenters. The lowest BCUT2D eigenvalue weighted by molar-refractivity contribution is -0.123. The Kier molecular flexibility index (Phi) is 38.0. The molecule has 49 heavy (non-hydrogen) atoms.